The van der Waals surface area contributed by atoms with E-state index in [-0.39, 0.29) is 11.7 Å². The summed E-state index contributed by atoms with van der Waals surface area (Å²) in [5, 5.41) is 12.1. The van der Waals surface area contributed by atoms with Crippen LogP contribution in [0.15, 0.2) is 24.3 Å². The summed E-state index contributed by atoms with van der Waals surface area (Å²) in [6, 6.07) is 7.09. The number of rotatable bonds is 10. The molecule has 0 fully saturated rings. The number of carbonyl (C=O) groups excluding carboxylic acids is 1. The molecule has 3 nitrogen and oxygen atoms in total. The largest absolute Gasteiger partial charge is 0.508 e. The fraction of sp³-hybridized carbons (Fsp3) is 0.562. The summed E-state index contributed by atoms with van der Waals surface area (Å²) in [4.78, 5) is 11.6. The van der Waals surface area contributed by atoms with Gasteiger partial charge in [0, 0.05) is 13.0 Å². The van der Waals surface area contributed by atoms with Crippen molar-refractivity contribution in [3.63, 3.8) is 0 Å². The average molecular weight is 295 g/mol. The summed E-state index contributed by atoms with van der Waals surface area (Å²) >= 11 is 4.17. The van der Waals surface area contributed by atoms with Gasteiger partial charge in [-0.2, -0.15) is 12.6 Å². The summed E-state index contributed by atoms with van der Waals surface area (Å²) in [7, 11) is 0. The van der Waals surface area contributed by atoms with Gasteiger partial charge in [-0.1, -0.05) is 31.4 Å². The average Bonchev–Trinajstić information content (AvgIpc) is 2.45. The highest BCUT2D eigenvalue weighted by molar-refractivity contribution is 7.80. The van der Waals surface area contributed by atoms with Gasteiger partial charge in [-0.15, -0.1) is 0 Å². The van der Waals surface area contributed by atoms with Crippen LogP contribution in [0, 0.1) is 0 Å². The van der Waals surface area contributed by atoms with E-state index in [1.807, 2.05) is 12.1 Å². The molecule has 0 heterocycles. The molecule has 0 aliphatic carbocycles. The normalized spacial score (nSPS) is 10.4. The Bertz CT molecular complexity index is 379. The molecule has 20 heavy (non-hydrogen) atoms. The van der Waals surface area contributed by atoms with Crippen molar-refractivity contribution >= 4 is 18.5 Å². The van der Waals surface area contributed by atoms with Crippen LogP contribution >= 0.6 is 12.6 Å². The van der Waals surface area contributed by atoms with Crippen LogP contribution in [-0.2, 0) is 11.2 Å². The summed E-state index contributed by atoms with van der Waals surface area (Å²) < 4.78 is 0. The Labute approximate surface area is 127 Å². The smallest absolute Gasteiger partial charge is 0.220 e. The van der Waals surface area contributed by atoms with Crippen LogP contribution in [-0.4, -0.2) is 23.3 Å². The zero-order valence-electron chi connectivity index (χ0n) is 12.0. The van der Waals surface area contributed by atoms with Crippen LogP contribution in [0.1, 0.15) is 44.1 Å². The highest BCUT2D eigenvalue weighted by Crippen LogP contribution is 2.09. The van der Waals surface area contributed by atoms with E-state index < -0.39 is 0 Å². The molecule has 112 valence electrons. The lowest BCUT2D eigenvalue weighted by atomic mass is 10.1. The number of unbranched alkanes of at least 4 members (excludes halogenated alkanes) is 4. The van der Waals surface area contributed by atoms with Crippen LogP contribution in [0.3, 0.4) is 0 Å². The molecular formula is C16H25NO2S. The molecule has 2 N–H and O–H groups in total. The molecule has 0 aromatic heterocycles. The number of aromatic hydroxyl groups is 1. The van der Waals surface area contributed by atoms with E-state index in [0.29, 0.717) is 13.0 Å². The van der Waals surface area contributed by atoms with Crippen molar-refractivity contribution < 1.29 is 9.90 Å². The molecule has 0 saturated carbocycles. The molecule has 0 spiro atoms. The van der Waals surface area contributed by atoms with Crippen LogP contribution in [0.4, 0.5) is 0 Å². The molecule has 0 unspecified atom stereocenters. The molecule has 0 aliphatic rings. The third kappa shape index (κ3) is 8.10. The number of carbonyl (C=O) groups is 1. The Kier molecular flexibility index (Phi) is 8.96. The van der Waals surface area contributed by atoms with E-state index in [4.69, 9.17) is 0 Å². The first-order valence-corrected chi connectivity index (χ1v) is 8.01. The number of hydrogen-bond acceptors (Lipinski definition) is 3. The predicted octanol–water partition coefficient (Wildman–Crippen LogP) is 3.32. The van der Waals surface area contributed by atoms with Gasteiger partial charge in [0.25, 0.3) is 0 Å². The van der Waals surface area contributed by atoms with E-state index in [2.05, 4.69) is 17.9 Å². The van der Waals surface area contributed by atoms with Gasteiger partial charge in [0.05, 0.1) is 0 Å². The lowest BCUT2D eigenvalue weighted by Crippen LogP contribution is -2.25. The van der Waals surface area contributed by atoms with Crippen molar-refractivity contribution in [1.29, 1.82) is 0 Å². The molecule has 0 aliphatic heterocycles. The Morgan fingerprint density at radius 3 is 2.40 bits per heavy atom. The molecular weight excluding hydrogens is 270 g/mol. The van der Waals surface area contributed by atoms with E-state index >= 15 is 0 Å². The Morgan fingerprint density at radius 2 is 1.70 bits per heavy atom. The highest BCUT2D eigenvalue weighted by Gasteiger charge is 2.01. The van der Waals surface area contributed by atoms with E-state index in [0.717, 1.165) is 30.6 Å². The van der Waals surface area contributed by atoms with Crippen molar-refractivity contribution in [2.75, 3.05) is 12.3 Å². The van der Waals surface area contributed by atoms with Crippen molar-refractivity contribution in [3.8, 4) is 5.75 Å². The summed E-state index contributed by atoms with van der Waals surface area (Å²) in [5.74, 6) is 1.37. The maximum atomic E-state index is 11.6. The van der Waals surface area contributed by atoms with Crippen molar-refractivity contribution in [1.82, 2.24) is 5.32 Å². The molecule has 0 bridgehead atoms. The Balaban J connectivity index is 2.01. The maximum Gasteiger partial charge on any atom is 0.220 e. The van der Waals surface area contributed by atoms with Gasteiger partial charge in [-0.05, 0) is 42.7 Å². The van der Waals surface area contributed by atoms with E-state index in [1.54, 1.807) is 12.1 Å². The van der Waals surface area contributed by atoms with Crippen molar-refractivity contribution in [2.45, 2.75) is 44.9 Å². The SMILES string of the molecule is O=C(CCCCCCCS)NCCc1ccc(O)cc1. The lowest BCUT2D eigenvalue weighted by Gasteiger charge is -2.05. The zero-order valence-corrected chi connectivity index (χ0v) is 12.9. The second kappa shape index (κ2) is 10.6. The van der Waals surface area contributed by atoms with Gasteiger partial charge in [-0.25, -0.2) is 0 Å². The molecule has 1 aromatic carbocycles. The van der Waals surface area contributed by atoms with Gasteiger partial charge >= 0.3 is 0 Å². The van der Waals surface area contributed by atoms with E-state index in [9.17, 15) is 9.90 Å². The first-order chi connectivity index (χ1) is 9.72. The van der Waals surface area contributed by atoms with Gasteiger partial charge in [-0.3, -0.25) is 4.79 Å². The third-order valence-electron chi connectivity index (χ3n) is 3.23. The molecule has 4 heteroatoms. The third-order valence-corrected chi connectivity index (χ3v) is 3.55. The summed E-state index contributed by atoms with van der Waals surface area (Å²) in [6.45, 7) is 0.656. The van der Waals surface area contributed by atoms with Crippen molar-refractivity contribution in [3.05, 3.63) is 29.8 Å². The predicted molar refractivity (Wildman–Crippen MR) is 86.4 cm³/mol. The van der Waals surface area contributed by atoms with Gasteiger partial charge in [0.2, 0.25) is 5.91 Å². The minimum atomic E-state index is 0.137. The fourth-order valence-corrected chi connectivity index (χ4v) is 2.25. The number of thiol groups is 1. The van der Waals surface area contributed by atoms with Gasteiger partial charge < -0.3 is 10.4 Å². The molecule has 1 amide bonds. The summed E-state index contributed by atoms with van der Waals surface area (Å²) in [5.41, 5.74) is 1.12. The molecule has 0 radical (unpaired) electrons. The Morgan fingerprint density at radius 1 is 1.05 bits per heavy atom. The number of amides is 1. The first-order valence-electron chi connectivity index (χ1n) is 7.38. The minimum Gasteiger partial charge on any atom is -0.508 e. The van der Waals surface area contributed by atoms with Crippen molar-refractivity contribution in [2.24, 2.45) is 0 Å². The quantitative estimate of drug-likeness (QED) is 0.458. The monoisotopic (exact) mass is 295 g/mol. The van der Waals surface area contributed by atoms with Crippen LogP contribution < -0.4 is 5.32 Å². The van der Waals surface area contributed by atoms with Gasteiger partial charge in [0.15, 0.2) is 0 Å². The standard InChI is InChI=1S/C16H25NO2S/c18-15-9-7-14(8-10-15)11-12-17-16(19)6-4-2-1-3-5-13-20/h7-10,18,20H,1-6,11-13H2,(H,17,19). The summed E-state index contributed by atoms with van der Waals surface area (Å²) in [6.07, 6.45) is 7.09. The lowest BCUT2D eigenvalue weighted by molar-refractivity contribution is -0.121. The Hall–Kier alpha value is -1.16. The van der Waals surface area contributed by atoms with Crippen LogP contribution in [0.2, 0.25) is 0 Å². The van der Waals surface area contributed by atoms with Gasteiger partial charge in [0.1, 0.15) is 5.75 Å². The molecule has 0 saturated heterocycles. The number of phenolic OH excluding ortho intramolecular Hbond substituents is 1. The minimum absolute atomic E-state index is 0.137. The van der Waals surface area contributed by atoms with Crippen LogP contribution in [0.25, 0.3) is 0 Å². The number of benzene rings is 1. The topological polar surface area (TPSA) is 49.3 Å². The number of nitrogens with one attached hydrogen (secondary N) is 1. The molecule has 1 aromatic rings. The zero-order chi connectivity index (χ0) is 14.6. The second-order valence-electron chi connectivity index (χ2n) is 5.01. The second-order valence-corrected chi connectivity index (χ2v) is 5.45. The first kappa shape index (κ1) is 16.9. The number of hydrogen-bond donors (Lipinski definition) is 3. The molecule has 0 atom stereocenters. The highest BCUT2D eigenvalue weighted by atomic mass is 32.1. The number of phenols is 1. The molecule has 1 rings (SSSR count). The van der Waals surface area contributed by atoms with Crippen LogP contribution in [0.5, 0.6) is 5.75 Å². The van der Waals surface area contributed by atoms with E-state index in [1.165, 1.54) is 19.3 Å². The maximum absolute atomic E-state index is 11.6. The fourth-order valence-electron chi connectivity index (χ4n) is 2.02.